The Labute approximate surface area is 361 Å². The second-order valence-electron chi connectivity index (χ2n) is 19.0. The van der Waals surface area contributed by atoms with Gasteiger partial charge in [-0.3, -0.25) is 24.6 Å². The van der Waals surface area contributed by atoms with Crippen LogP contribution in [0.2, 0.25) is 0 Å². The molecule has 2 N–H and O–H groups in total. The molecule has 1 saturated carbocycles. The third-order valence-electron chi connectivity index (χ3n) is 15.5. The van der Waals surface area contributed by atoms with Crippen LogP contribution in [0, 0.1) is 17.2 Å². The number of phenolic OH excluding ortho intramolecular Hbond substituents is 1. The van der Waals surface area contributed by atoms with Crippen molar-refractivity contribution in [3.63, 3.8) is 0 Å². The largest absolute Gasteiger partial charge is 0.508 e. The number of methoxy groups -OCH3 is 1. The first kappa shape index (κ1) is 39.2. The second-order valence-corrected chi connectivity index (χ2v) is 19.0. The zero-order valence-corrected chi connectivity index (χ0v) is 35.3. The lowest BCUT2D eigenvalue weighted by atomic mass is 9.65. The number of fused-ring (bicyclic) bond motifs is 6. The quantitative estimate of drug-likeness (QED) is 0.196. The van der Waals surface area contributed by atoms with Gasteiger partial charge in [0.15, 0.2) is 0 Å². The fourth-order valence-corrected chi connectivity index (χ4v) is 12.3. The Morgan fingerprint density at radius 3 is 2.50 bits per heavy atom. The lowest BCUT2D eigenvalue weighted by molar-refractivity contribution is -0.136. The van der Waals surface area contributed by atoms with Gasteiger partial charge < -0.3 is 29.3 Å². The molecule has 7 aliphatic rings. The number of halogens is 1. The van der Waals surface area contributed by atoms with Gasteiger partial charge in [-0.1, -0.05) is 36.4 Å². The van der Waals surface area contributed by atoms with Crippen LogP contribution >= 0.6 is 0 Å². The number of nitrogens with zero attached hydrogens (tertiary/aromatic N) is 4. The molecule has 3 amide bonds. The van der Waals surface area contributed by atoms with E-state index in [0.717, 1.165) is 98.6 Å². The highest BCUT2D eigenvalue weighted by atomic mass is 19.1. The average molecular weight is 840 g/mol. The van der Waals surface area contributed by atoms with Crippen LogP contribution in [0.1, 0.15) is 95.0 Å². The number of piperidine rings is 1. The predicted molar refractivity (Wildman–Crippen MR) is 233 cm³/mol. The number of carbonyl (C=O) groups excluding carboxylic acids is 3. The first-order valence-electron chi connectivity index (χ1n) is 22.6. The maximum atomic E-state index is 16.4. The molecule has 4 fully saturated rings. The SMILES string of the molecule is COc1cc(N2CC3(CCC(CN4CCN5c6ccc7c(c6OC[C@H]5C4)CN([C@H]4CCC(=O)NC4=O)C7=O)CC3)C2)c(F)cc1[C@@H]1c2ccc(O)cc2CC[C@@H]1c1ccccc1. The van der Waals surface area contributed by atoms with Gasteiger partial charge >= 0.3 is 0 Å². The van der Waals surface area contributed by atoms with E-state index < -0.39 is 11.9 Å². The smallest absolute Gasteiger partial charge is 0.255 e. The number of amides is 3. The Bertz CT molecular complexity index is 2450. The van der Waals surface area contributed by atoms with Gasteiger partial charge in [-0.15, -0.1) is 0 Å². The average Bonchev–Trinajstić information content (AvgIpc) is 3.61. The third kappa shape index (κ3) is 6.67. The van der Waals surface area contributed by atoms with Crippen molar-refractivity contribution >= 4 is 29.1 Å². The van der Waals surface area contributed by atoms with Crippen molar-refractivity contribution in [3.8, 4) is 17.2 Å². The van der Waals surface area contributed by atoms with E-state index in [1.165, 1.54) is 18.4 Å². The summed E-state index contributed by atoms with van der Waals surface area (Å²) < 4.78 is 28.9. The predicted octanol–water partition coefficient (Wildman–Crippen LogP) is 6.74. The van der Waals surface area contributed by atoms with Crippen molar-refractivity contribution < 1.29 is 33.4 Å². The number of rotatable bonds is 7. The molecule has 0 unspecified atom stereocenters. The van der Waals surface area contributed by atoms with Crippen molar-refractivity contribution in [2.24, 2.45) is 11.3 Å². The Morgan fingerprint density at radius 1 is 0.887 bits per heavy atom. The molecule has 4 aromatic rings. The first-order chi connectivity index (χ1) is 30.1. The number of phenols is 1. The standard InChI is InChI=1S/C50H54FN5O6/c1-61-44-23-43(40(51)22-38(44)46-35(31-5-3-2-4-6-31)9-7-32-21-34(57)8-10-36(32)46)54-28-50(29-54)17-15-30(16-18-50)24-53-19-20-55-33(25-53)27-62-47-39-26-56(42-13-14-45(58)52-48(42)59)49(60)37(39)11-12-41(47)55/h2-6,8,10-12,21-23,30,33,35,42,46,57H,7,9,13-20,24-29H2,1H3,(H,52,58,59)/t33-,35-,42+,46+/m1/s1. The number of aryl methyl sites for hydroxylation is 1. The maximum absolute atomic E-state index is 16.4. The minimum absolute atomic E-state index is 0.102. The molecule has 2 aliphatic carbocycles. The Morgan fingerprint density at radius 2 is 1.71 bits per heavy atom. The number of piperazine rings is 1. The Balaban J connectivity index is 0.716. The van der Waals surface area contributed by atoms with Crippen LogP contribution in [0.5, 0.6) is 17.2 Å². The fourth-order valence-electron chi connectivity index (χ4n) is 12.3. The fraction of sp³-hybridized carbons (Fsp3) is 0.460. The second kappa shape index (κ2) is 15.3. The summed E-state index contributed by atoms with van der Waals surface area (Å²) in [5.41, 5.74) is 7.59. The van der Waals surface area contributed by atoms with E-state index in [0.29, 0.717) is 42.5 Å². The molecule has 0 bridgehead atoms. The van der Waals surface area contributed by atoms with Gasteiger partial charge in [0.1, 0.15) is 35.7 Å². The molecule has 4 aromatic carbocycles. The van der Waals surface area contributed by atoms with Crippen molar-refractivity contribution in [2.45, 2.75) is 81.8 Å². The van der Waals surface area contributed by atoms with Crippen LogP contribution in [-0.4, -0.2) is 97.7 Å². The van der Waals surface area contributed by atoms with E-state index in [4.69, 9.17) is 9.47 Å². The van der Waals surface area contributed by atoms with E-state index >= 15 is 4.39 Å². The van der Waals surface area contributed by atoms with E-state index in [9.17, 15) is 19.5 Å². The summed E-state index contributed by atoms with van der Waals surface area (Å²) in [6.45, 7) is 6.40. The molecule has 5 heterocycles. The highest BCUT2D eigenvalue weighted by molar-refractivity contribution is 6.06. The minimum Gasteiger partial charge on any atom is -0.508 e. The van der Waals surface area contributed by atoms with E-state index in [-0.39, 0.29) is 53.1 Å². The highest BCUT2D eigenvalue weighted by Gasteiger charge is 2.47. The van der Waals surface area contributed by atoms with Crippen molar-refractivity contribution in [1.82, 2.24) is 15.1 Å². The maximum Gasteiger partial charge on any atom is 0.255 e. The first-order valence-corrected chi connectivity index (χ1v) is 22.6. The summed E-state index contributed by atoms with van der Waals surface area (Å²) >= 11 is 0. The summed E-state index contributed by atoms with van der Waals surface area (Å²) in [6.07, 6.45) is 6.95. The number of nitrogens with one attached hydrogen (secondary N) is 1. The van der Waals surface area contributed by atoms with E-state index in [1.54, 1.807) is 24.1 Å². The van der Waals surface area contributed by atoms with Crippen LogP contribution in [-0.2, 0) is 22.6 Å². The molecule has 11 nitrogen and oxygen atoms in total. The van der Waals surface area contributed by atoms with Crippen LogP contribution in [0.4, 0.5) is 15.8 Å². The number of ether oxygens (including phenoxy) is 2. The number of benzene rings is 4. The normalized spacial score (nSPS) is 25.6. The molecular formula is C50H54FN5O6. The summed E-state index contributed by atoms with van der Waals surface area (Å²) in [5.74, 6) is 1.32. The zero-order chi connectivity index (χ0) is 42.3. The van der Waals surface area contributed by atoms with Gasteiger partial charge in [0.25, 0.3) is 5.91 Å². The molecule has 0 radical (unpaired) electrons. The summed E-state index contributed by atoms with van der Waals surface area (Å²) in [4.78, 5) is 46.6. The molecular weight excluding hydrogens is 786 g/mol. The van der Waals surface area contributed by atoms with Crippen LogP contribution < -0.4 is 24.6 Å². The zero-order valence-electron chi connectivity index (χ0n) is 35.3. The number of anilines is 2. The number of aromatic hydroxyl groups is 1. The molecule has 62 heavy (non-hydrogen) atoms. The number of hydrogen-bond acceptors (Lipinski definition) is 9. The minimum atomic E-state index is -0.649. The summed E-state index contributed by atoms with van der Waals surface area (Å²) in [5, 5.41) is 12.7. The van der Waals surface area contributed by atoms with E-state index in [2.05, 4.69) is 44.3 Å². The molecule has 3 saturated heterocycles. The molecule has 12 heteroatoms. The molecule has 4 atom stereocenters. The van der Waals surface area contributed by atoms with Gasteiger partial charge in [0, 0.05) is 79.8 Å². The number of imide groups is 1. The highest BCUT2D eigenvalue weighted by Crippen LogP contribution is 2.53. The van der Waals surface area contributed by atoms with Gasteiger partial charge in [0.2, 0.25) is 11.8 Å². The molecule has 322 valence electrons. The topological polar surface area (TPSA) is 115 Å². The van der Waals surface area contributed by atoms with Crippen molar-refractivity contribution in [3.05, 3.63) is 112 Å². The summed E-state index contributed by atoms with van der Waals surface area (Å²) in [7, 11) is 1.69. The lowest BCUT2D eigenvalue weighted by Gasteiger charge is -2.55. The monoisotopic (exact) mass is 839 g/mol. The molecule has 11 rings (SSSR count). The Hall–Kier alpha value is -5.62. The van der Waals surface area contributed by atoms with Crippen molar-refractivity contribution in [2.75, 3.05) is 62.8 Å². The number of hydrogen-bond donors (Lipinski definition) is 2. The molecule has 1 spiro atoms. The van der Waals surface area contributed by atoms with Crippen molar-refractivity contribution in [1.29, 1.82) is 0 Å². The Kier molecular flexibility index (Phi) is 9.70. The van der Waals surface area contributed by atoms with Gasteiger partial charge in [-0.2, -0.15) is 0 Å². The van der Waals surface area contributed by atoms with Gasteiger partial charge in [-0.05, 0) is 104 Å². The van der Waals surface area contributed by atoms with Crippen LogP contribution in [0.3, 0.4) is 0 Å². The van der Waals surface area contributed by atoms with Gasteiger partial charge in [-0.25, -0.2) is 4.39 Å². The van der Waals surface area contributed by atoms with Crippen LogP contribution in [0.25, 0.3) is 0 Å². The lowest BCUT2D eigenvalue weighted by Crippen LogP contribution is -2.59. The van der Waals surface area contributed by atoms with E-state index in [1.807, 2.05) is 36.4 Å². The van der Waals surface area contributed by atoms with Crippen LogP contribution in [0.15, 0.2) is 72.8 Å². The molecule has 5 aliphatic heterocycles. The third-order valence-corrected chi connectivity index (χ3v) is 15.5. The summed E-state index contributed by atoms with van der Waals surface area (Å²) in [6, 6.07) is 23.2. The van der Waals surface area contributed by atoms with Gasteiger partial charge in [0.05, 0.1) is 31.1 Å². The molecule has 0 aromatic heterocycles. The number of carbonyl (C=O) groups is 3.